The fourth-order valence-electron chi connectivity index (χ4n) is 15.9. The summed E-state index contributed by atoms with van der Waals surface area (Å²) < 4.78 is 0. The van der Waals surface area contributed by atoms with E-state index in [0.717, 1.165) is 33.9 Å². The van der Waals surface area contributed by atoms with Crippen LogP contribution in [-0.2, 0) is 91.2 Å². The van der Waals surface area contributed by atoms with E-state index in [1.165, 1.54) is 53.4 Å². The predicted octanol–water partition coefficient (Wildman–Crippen LogP) is -6.13. The molecule has 0 aliphatic carbocycles. The smallest absolute Gasteiger partial charge is 0.312 e. The number of phenols is 2. The number of nitrogens with two attached hydrogens (primary N) is 9. The Morgan fingerprint density at radius 3 is 1.23 bits per heavy atom. The van der Waals surface area contributed by atoms with E-state index in [1.807, 2.05) is 6.07 Å². The average molecular weight is 2080 g/mol. The lowest BCUT2D eigenvalue weighted by atomic mass is 10.00. The van der Waals surface area contributed by atoms with E-state index < -0.39 is 228 Å². The Hall–Kier alpha value is -15.0. The summed E-state index contributed by atoms with van der Waals surface area (Å²) in [6.07, 6.45) is -2.04. The molecular weight excluding hydrogens is 1940 g/mol. The number of primary amides is 4. The number of amides is 21. The maximum Gasteiger partial charge on any atom is 0.312 e. The van der Waals surface area contributed by atoms with Crippen molar-refractivity contribution in [3.05, 3.63) is 108 Å². The molecule has 21 amide bonds. The Balaban J connectivity index is 1.63. The van der Waals surface area contributed by atoms with Gasteiger partial charge >= 0.3 is 18.1 Å². The number of carbonyl (C=O) groups is 18. The minimum absolute atomic E-state index is 0.00471. The normalized spacial score (nSPS) is 20.0. The lowest BCUT2D eigenvalue weighted by Gasteiger charge is -2.31. The highest BCUT2D eigenvalue weighted by Crippen LogP contribution is 2.27. The first kappa shape index (κ1) is 120. The van der Waals surface area contributed by atoms with Gasteiger partial charge in [-0.2, -0.15) is 0 Å². The summed E-state index contributed by atoms with van der Waals surface area (Å²) in [5.74, 6) is -18.0. The Bertz CT molecular complexity index is 5110. The third-order valence-corrected chi connectivity index (χ3v) is 25.9. The topological polar surface area (TPSA) is 885 Å². The van der Waals surface area contributed by atoms with E-state index >= 15 is 57.5 Å². The first-order chi connectivity index (χ1) is 69.6. The Morgan fingerprint density at radius 2 is 0.788 bits per heavy atom. The van der Waals surface area contributed by atoms with E-state index in [0.29, 0.717) is 29.4 Å². The van der Waals surface area contributed by atoms with E-state index in [1.54, 1.807) is 36.4 Å². The van der Waals surface area contributed by atoms with Crippen LogP contribution in [0, 0.1) is 16.2 Å². The highest BCUT2D eigenvalue weighted by Gasteiger charge is 2.43. The molecule has 2 saturated heterocycles. The standard InChI is InChI=1S/C92H142N32O20S2/c1-51(125)111-60(20-9-39-106-88(98)99)74(129)114-64(21-10-40-107-89(100)101)78(133)119-69(48-54-26-31-55-15-2-3-16-56(55)45-54)82(137)123-71-50-146-145-49-70(83(138)112-59(73(95)128)19-8-38-105-87(96)97)122-79(134)65(24-13-43-110-92(104)144)115-76(131)63(23-12-42-109-91(103)143)117-81(136)68(47-53-29-34-58(127)35-30-53)121-85(140)72-25-14-44-124(72)86(141)66(18-5-7-37-94)118-77(132)61(17-4-6-36-93)113-75(130)62(22-11-41-108-90(102)142)116-80(135)67(120-84(71)139)46-52-27-32-57(126)33-28-52/h2-3,15-16,26-35,45,59-72,126-127H,4-14,17-25,36-44,46-50,93-94H2,1H3,(H2,95,128)(H,111,125)(H,112,138)(H,113,130)(H,114,129)(H,115,131)(H,116,135)(H,117,136)(H,118,132)(H,119,133)(H,120,139)(H,121,140)(H,122,134)(H,123,137)(H4,96,97,105)(H4,98,99,106)(H4,100,101,107)(H3,102,108,142)(H3,103,109,143)(H3,104,110,144)/t59-,60-,61-,62-,63-,64-,65-,66+,67-,68-,69-,70-,71-,72-/m0/s1. The third-order valence-electron chi connectivity index (χ3n) is 23.5. The zero-order valence-corrected chi connectivity index (χ0v) is 83.1. The number of rotatable bonds is 48. The zero-order chi connectivity index (χ0) is 107. The molecule has 6 rings (SSSR count). The zero-order valence-electron chi connectivity index (χ0n) is 81.5. The van der Waals surface area contributed by atoms with Crippen LogP contribution in [0.2, 0.25) is 0 Å². The van der Waals surface area contributed by atoms with Gasteiger partial charge in [0.05, 0.1) is 0 Å². The molecule has 802 valence electrons. The van der Waals surface area contributed by atoms with Gasteiger partial charge in [0.1, 0.15) is 96.1 Å². The number of hydrogen-bond acceptors (Lipinski definition) is 27. The summed E-state index contributed by atoms with van der Waals surface area (Å²) in [5, 5.41) is 95.4. The molecule has 2 heterocycles. The first-order valence-electron chi connectivity index (χ1n) is 48.2. The fraction of sp³-hybridized carbons (Fsp3) is 0.533. The first-order valence-corrected chi connectivity index (χ1v) is 50.6. The maximum absolute atomic E-state index is 16.1. The number of aromatic hydroxyl groups is 2. The second kappa shape index (κ2) is 63.9. The van der Waals surface area contributed by atoms with E-state index in [9.17, 15) is 39.0 Å². The lowest BCUT2D eigenvalue weighted by Crippen LogP contribution is -2.61. The molecule has 14 atom stereocenters. The van der Waals surface area contributed by atoms with Crippen molar-refractivity contribution in [3.8, 4) is 11.5 Å². The van der Waals surface area contributed by atoms with Crippen LogP contribution in [0.1, 0.15) is 152 Å². The number of benzene rings is 4. The number of nitrogens with one attached hydrogen (secondary N) is 22. The van der Waals surface area contributed by atoms with Gasteiger partial charge in [0.15, 0.2) is 17.9 Å². The van der Waals surface area contributed by atoms with Gasteiger partial charge in [0, 0.05) is 83.5 Å². The molecule has 2 aliphatic heterocycles. The number of nitrogens with zero attached hydrogens (tertiary/aromatic N) is 1. The summed E-state index contributed by atoms with van der Waals surface area (Å²) in [4.78, 5) is 264. The predicted molar refractivity (Wildman–Crippen MR) is 545 cm³/mol. The largest absolute Gasteiger partial charge is 0.508 e. The second-order valence-corrected chi connectivity index (χ2v) is 37.6. The Labute approximate surface area is 851 Å². The molecule has 0 radical (unpaired) electrons. The molecule has 2 aliphatic rings. The molecule has 0 spiro atoms. The summed E-state index contributed by atoms with van der Waals surface area (Å²) in [6, 6.07) is -2.87. The van der Waals surface area contributed by atoms with E-state index in [-0.39, 0.29) is 204 Å². The van der Waals surface area contributed by atoms with E-state index in [2.05, 4.69) is 101 Å². The number of fused-ring (bicyclic) bond motifs is 2. The second-order valence-electron chi connectivity index (χ2n) is 35.1. The van der Waals surface area contributed by atoms with Gasteiger partial charge in [-0.05, 0) is 193 Å². The summed E-state index contributed by atoms with van der Waals surface area (Å²) in [6.45, 7) is 0.727. The molecular formula is C92H142N32O20S2. The number of guanidine groups is 3. The number of carbonyl (C=O) groups excluding carboxylic acids is 18. The van der Waals surface area contributed by atoms with Gasteiger partial charge in [-0.15, -0.1) is 0 Å². The Kier molecular flexibility index (Phi) is 52.4. The summed E-state index contributed by atoms with van der Waals surface area (Å²) in [7, 11) is 1.47. The average Bonchev–Trinajstić information content (AvgIpc) is 1.69. The highest BCUT2D eigenvalue weighted by atomic mass is 33.1. The number of hydrogen-bond donors (Lipinski definition) is 33. The van der Waals surface area contributed by atoms with Gasteiger partial charge in [-0.25, -0.2) is 14.4 Å². The quantitative estimate of drug-likeness (QED) is 0.00847. The number of unbranched alkanes of at least 4 members (excludes halogenated alkanes) is 2. The minimum atomic E-state index is -1.93. The van der Waals surface area contributed by atoms with Gasteiger partial charge in [0.25, 0.3) is 0 Å². The van der Waals surface area contributed by atoms with E-state index in [4.69, 9.17) is 67.8 Å². The molecule has 2 fully saturated rings. The minimum Gasteiger partial charge on any atom is -0.508 e. The van der Waals surface area contributed by atoms with Crippen molar-refractivity contribution in [2.24, 2.45) is 51.6 Å². The monoisotopic (exact) mass is 2080 g/mol. The van der Waals surface area contributed by atoms with Crippen molar-refractivity contribution in [1.29, 1.82) is 16.2 Å². The van der Waals surface area contributed by atoms with Gasteiger partial charge in [-0.1, -0.05) is 88.3 Å². The highest BCUT2D eigenvalue weighted by molar-refractivity contribution is 8.76. The number of phenolic OH excluding ortho intramolecular Hbond substituents is 2. The van der Waals surface area contributed by atoms with Crippen molar-refractivity contribution in [2.75, 3.05) is 70.4 Å². The Morgan fingerprint density at radius 1 is 0.404 bits per heavy atom. The lowest BCUT2D eigenvalue weighted by molar-refractivity contribution is -0.142. The van der Waals surface area contributed by atoms with Crippen LogP contribution in [-0.4, -0.2) is 295 Å². The van der Waals surface area contributed by atoms with Crippen LogP contribution in [0.4, 0.5) is 14.4 Å². The van der Waals surface area contributed by atoms with Crippen molar-refractivity contribution >= 4 is 157 Å². The molecule has 42 N–H and O–H groups in total. The maximum atomic E-state index is 16.1. The van der Waals surface area contributed by atoms with Gasteiger partial charge in [-0.3, -0.25) is 88.1 Å². The molecule has 0 saturated carbocycles. The molecule has 146 heavy (non-hydrogen) atoms. The molecule has 52 nitrogen and oxygen atoms in total. The van der Waals surface area contributed by atoms with Crippen molar-refractivity contribution < 1.29 is 96.5 Å². The third kappa shape index (κ3) is 44.5. The summed E-state index contributed by atoms with van der Waals surface area (Å²) in [5.41, 5.74) is 51.9. The van der Waals surface area contributed by atoms with Crippen LogP contribution >= 0.6 is 21.6 Å². The molecule has 54 heteroatoms. The van der Waals surface area contributed by atoms with Crippen molar-refractivity contribution in [2.45, 2.75) is 239 Å². The molecule has 0 unspecified atom stereocenters. The van der Waals surface area contributed by atoms with Crippen LogP contribution < -0.4 is 153 Å². The van der Waals surface area contributed by atoms with Gasteiger partial charge in [0.2, 0.25) is 88.6 Å². The van der Waals surface area contributed by atoms with Crippen molar-refractivity contribution in [1.82, 2.24) is 106 Å². The van der Waals surface area contributed by atoms with Crippen LogP contribution in [0.25, 0.3) is 10.8 Å². The SMILES string of the molecule is CC(=O)N[C@@H](CCCNC(=N)N)C(=O)N[C@@H](CCCNC(=N)N)C(=O)N[C@@H](Cc1ccc2ccccc2c1)C(=O)N[C@H]1CSSC[C@@H](C(=O)N[C@@H](CCCNC(=N)N)C(N)=O)NC(=O)[C@H](CCCNC(N)=O)NC(=O)[C@H](CCCNC(N)=O)NC(=O)[C@H](Cc2ccc(O)cc2)NC(=O)[C@@H]2CCCN2C(=O)[C@@H](CCCCN)NC(=O)[C@H](CCCCN)NC(=O)[C@H](CCCNC(N)=O)NC(=O)[C@H](Cc2ccc(O)cc2)NC1=O. The van der Waals surface area contributed by atoms with Crippen LogP contribution in [0.5, 0.6) is 11.5 Å². The molecule has 4 aromatic carbocycles. The molecule has 4 aromatic rings. The van der Waals surface area contributed by atoms with Crippen LogP contribution in [0.15, 0.2) is 91.0 Å². The van der Waals surface area contributed by atoms with Crippen molar-refractivity contribution in [3.63, 3.8) is 0 Å². The fourth-order valence-corrected chi connectivity index (χ4v) is 18.2. The summed E-state index contributed by atoms with van der Waals surface area (Å²) >= 11 is 0. The van der Waals surface area contributed by atoms with Gasteiger partial charge < -0.3 is 168 Å². The molecule has 0 aromatic heterocycles. The number of urea groups is 3. The molecule has 0 bridgehead atoms. The van der Waals surface area contributed by atoms with Crippen LogP contribution in [0.3, 0.4) is 0 Å².